The summed E-state index contributed by atoms with van der Waals surface area (Å²) in [6.45, 7) is 2.37. The fourth-order valence-electron chi connectivity index (χ4n) is 4.01. The molecule has 3 atom stereocenters. The highest BCUT2D eigenvalue weighted by Gasteiger charge is 2.40. The molecular formula is C18H19N. The lowest BCUT2D eigenvalue weighted by Crippen LogP contribution is -2.41. The maximum Gasteiger partial charge on any atom is 0.0391 e. The van der Waals surface area contributed by atoms with Crippen LogP contribution < -0.4 is 0 Å². The zero-order chi connectivity index (χ0) is 13.0. The Balaban J connectivity index is 2.03. The number of likely N-dealkylation sites (N-methyl/N-ethyl adjacent to an activating group) is 1. The quantitative estimate of drug-likeness (QED) is 0.687. The van der Waals surface area contributed by atoms with Crippen molar-refractivity contribution in [3.8, 4) is 0 Å². The van der Waals surface area contributed by atoms with Gasteiger partial charge in [-0.25, -0.2) is 0 Å². The summed E-state index contributed by atoms with van der Waals surface area (Å²) in [5.41, 5.74) is 6.14. The average molecular weight is 249 g/mol. The van der Waals surface area contributed by atoms with Crippen LogP contribution in [0.25, 0.3) is 0 Å². The van der Waals surface area contributed by atoms with Crippen LogP contribution >= 0.6 is 0 Å². The van der Waals surface area contributed by atoms with Gasteiger partial charge in [0.05, 0.1) is 0 Å². The van der Waals surface area contributed by atoms with Gasteiger partial charge in [0, 0.05) is 18.0 Å². The molecule has 0 N–H and O–H groups in total. The molecule has 0 fully saturated rings. The number of fused-ring (bicyclic) bond motifs is 1. The average Bonchev–Trinajstić information content (AvgIpc) is 2.65. The van der Waals surface area contributed by atoms with Crippen LogP contribution in [0.15, 0.2) is 48.5 Å². The van der Waals surface area contributed by atoms with Crippen molar-refractivity contribution in [1.29, 1.82) is 0 Å². The predicted octanol–water partition coefficient (Wildman–Crippen LogP) is 3.75. The highest BCUT2D eigenvalue weighted by atomic mass is 15.2. The number of hydrogen-bond acceptors (Lipinski definition) is 1. The minimum absolute atomic E-state index is 0.524. The largest absolute Gasteiger partial charge is 0.295 e. The Morgan fingerprint density at radius 3 is 2.32 bits per heavy atom. The number of hydrogen-bond donors (Lipinski definition) is 0. The van der Waals surface area contributed by atoms with Gasteiger partial charge in [0.15, 0.2) is 0 Å². The highest BCUT2D eigenvalue weighted by Crippen LogP contribution is 2.48. The maximum absolute atomic E-state index is 2.56. The second-order valence-corrected chi connectivity index (χ2v) is 5.93. The van der Waals surface area contributed by atoms with E-state index in [2.05, 4.69) is 67.4 Å². The van der Waals surface area contributed by atoms with Crippen LogP contribution in [0.1, 0.15) is 41.1 Å². The van der Waals surface area contributed by atoms with Gasteiger partial charge in [0.25, 0.3) is 0 Å². The topological polar surface area (TPSA) is 3.24 Å². The smallest absolute Gasteiger partial charge is 0.0391 e. The van der Waals surface area contributed by atoms with Crippen LogP contribution in [0.2, 0.25) is 0 Å². The first-order chi connectivity index (χ1) is 9.27. The van der Waals surface area contributed by atoms with Crippen LogP contribution in [0.3, 0.4) is 0 Å². The van der Waals surface area contributed by atoms with Gasteiger partial charge in [0.2, 0.25) is 0 Å². The fourth-order valence-corrected chi connectivity index (χ4v) is 4.01. The summed E-state index contributed by atoms with van der Waals surface area (Å²) in [4.78, 5) is 2.56. The number of nitrogens with zero attached hydrogens (tertiary/aromatic N) is 1. The molecule has 2 aromatic rings. The van der Waals surface area contributed by atoms with Crippen molar-refractivity contribution in [3.63, 3.8) is 0 Å². The Hall–Kier alpha value is -1.60. The van der Waals surface area contributed by atoms with Crippen LogP contribution in [0.5, 0.6) is 0 Å². The normalized spacial score (nSPS) is 28.6. The first-order valence-corrected chi connectivity index (χ1v) is 7.16. The molecule has 2 aliphatic heterocycles. The van der Waals surface area contributed by atoms with Crippen molar-refractivity contribution in [2.75, 3.05) is 7.05 Å². The first-order valence-electron chi connectivity index (χ1n) is 7.16. The third-order valence-electron chi connectivity index (χ3n) is 5.11. The van der Waals surface area contributed by atoms with Crippen molar-refractivity contribution in [2.24, 2.45) is 0 Å². The molecule has 1 nitrogen and oxygen atoms in total. The minimum atomic E-state index is 0.524. The van der Waals surface area contributed by atoms with Gasteiger partial charge in [-0.15, -0.1) is 0 Å². The van der Waals surface area contributed by atoms with Gasteiger partial charge in [-0.05, 0) is 42.6 Å². The fraction of sp³-hybridized carbons (Fsp3) is 0.333. The zero-order valence-electron chi connectivity index (χ0n) is 11.5. The van der Waals surface area contributed by atoms with E-state index in [-0.39, 0.29) is 0 Å². The Bertz CT molecular complexity index is 631. The molecule has 3 aliphatic rings. The SMILES string of the molecule is C[C@H]1[C@H]2c3ccccc3C[C@H](c3ccccc32)N1C. The Labute approximate surface area is 114 Å². The third kappa shape index (κ3) is 1.45. The summed E-state index contributed by atoms with van der Waals surface area (Å²) in [5.74, 6) is 0.524. The summed E-state index contributed by atoms with van der Waals surface area (Å²) >= 11 is 0. The molecule has 0 spiro atoms. The van der Waals surface area contributed by atoms with E-state index in [1.165, 1.54) is 16.7 Å². The molecule has 2 aromatic carbocycles. The second-order valence-electron chi connectivity index (χ2n) is 5.93. The number of benzene rings is 2. The number of rotatable bonds is 0. The molecule has 0 aromatic heterocycles. The Kier molecular flexibility index (Phi) is 2.33. The second kappa shape index (κ2) is 3.94. The molecule has 2 bridgehead atoms. The zero-order valence-corrected chi connectivity index (χ0v) is 11.5. The van der Waals surface area contributed by atoms with Crippen molar-refractivity contribution < 1.29 is 0 Å². The van der Waals surface area contributed by atoms with Gasteiger partial charge in [0.1, 0.15) is 0 Å². The molecule has 1 heteroatoms. The van der Waals surface area contributed by atoms with E-state index in [4.69, 9.17) is 0 Å². The molecule has 19 heavy (non-hydrogen) atoms. The van der Waals surface area contributed by atoms with Crippen molar-refractivity contribution in [1.82, 2.24) is 4.90 Å². The van der Waals surface area contributed by atoms with Crippen LogP contribution in [0.4, 0.5) is 0 Å². The van der Waals surface area contributed by atoms with Gasteiger partial charge in [-0.2, -0.15) is 0 Å². The van der Waals surface area contributed by atoms with E-state index in [1.54, 1.807) is 5.56 Å². The summed E-state index contributed by atoms with van der Waals surface area (Å²) < 4.78 is 0. The molecule has 2 heterocycles. The lowest BCUT2D eigenvalue weighted by Gasteiger charge is -2.41. The standard InChI is InChI=1S/C18H19N/c1-12-18-14-8-4-3-7-13(14)11-17(19(12)2)15-9-5-6-10-16(15)18/h3-10,12,17-18H,11H2,1-2H3/t12-,17+,18-/m0/s1. The molecular weight excluding hydrogens is 230 g/mol. The van der Waals surface area contributed by atoms with E-state index >= 15 is 0 Å². The Morgan fingerprint density at radius 1 is 0.895 bits per heavy atom. The van der Waals surface area contributed by atoms with E-state index in [0.717, 1.165) is 6.42 Å². The molecule has 96 valence electrons. The molecule has 0 unspecified atom stereocenters. The van der Waals surface area contributed by atoms with Gasteiger partial charge in [-0.1, -0.05) is 48.5 Å². The van der Waals surface area contributed by atoms with E-state index < -0.39 is 0 Å². The molecule has 1 aliphatic carbocycles. The van der Waals surface area contributed by atoms with E-state index in [1.807, 2.05) is 0 Å². The molecule has 0 radical (unpaired) electrons. The summed E-state index contributed by atoms with van der Waals surface area (Å²) in [7, 11) is 2.28. The lowest BCUT2D eigenvalue weighted by molar-refractivity contribution is 0.160. The van der Waals surface area contributed by atoms with Crippen molar-refractivity contribution >= 4 is 0 Å². The van der Waals surface area contributed by atoms with Crippen LogP contribution in [-0.2, 0) is 6.42 Å². The predicted molar refractivity (Wildman–Crippen MR) is 78.4 cm³/mol. The van der Waals surface area contributed by atoms with E-state index in [0.29, 0.717) is 18.0 Å². The summed E-state index contributed by atoms with van der Waals surface area (Å²) in [6, 6.07) is 19.1. The summed E-state index contributed by atoms with van der Waals surface area (Å²) in [6.07, 6.45) is 1.14. The van der Waals surface area contributed by atoms with Gasteiger partial charge < -0.3 is 0 Å². The van der Waals surface area contributed by atoms with Gasteiger partial charge in [-0.3, -0.25) is 4.90 Å². The van der Waals surface area contributed by atoms with E-state index in [9.17, 15) is 0 Å². The third-order valence-corrected chi connectivity index (χ3v) is 5.11. The van der Waals surface area contributed by atoms with Gasteiger partial charge >= 0.3 is 0 Å². The maximum atomic E-state index is 2.56. The molecule has 0 amide bonds. The van der Waals surface area contributed by atoms with Crippen LogP contribution in [0, 0.1) is 0 Å². The lowest BCUT2D eigenvalue weighted by atomic mass is 9.79. The molecule has 5 rings (SSSR count). The van der Waals surface area contributed by atoms with Crippen molar-refractivity contribution in [2.45, 2.75) is 31.3 Å². The minimum Gasteiger partial charge on any atom is -0.295 e. The summed E-state index contributed by atoms with van der Waals surface area (Å²) in [5, 5.41) is 0. The highest BCUT2D eigenvalue weighted by molar-refractivity contribution is 5.49. The molecule has 0 saturated heterocycles. The monoisotopic (exact) mass is 249 g/mol. The van der Waals surface area contributed by atoms with Crippen LogP contribution in [-0.4, -0.2) is 18.0 Å². The van der Waals surface area contributed by atoms with Crippen molar-refractivity contribution in [3.05, 3.63) is 70.8 Å². The Morgan fingerprint density at radius 2 is 1.53 bits per heavy atom. The first kappa shape index (κ1) is 11.2. The molecule has 0 saturated carbocycles.